The van der Waals surface area contributed by atoms with Crippen molar-refractivity contribution in [3.8, 4) is 0 Å². The van der Waals surface area contributed by atoms with Crippen LogP contribution in [-0.2, 0) is 20.9 Å². The van der Waals surface area contributed by atoms with Crippen molar-refractivity contribution in [2.45, 2.75) is 45.8 Å². The predicted molar refractivity (Wildman–Crippen MR) is 85.1 cm³/mol. The van der Waals surface area contributed by atoms with Gasteiger partial charge in [0.2, 0.25) is 0 Å². The van der Waals surface area contributed by atoms with Crippen LogP contribution in [0.1, 0.15) is 37.3 Å². The second-order valence-corrected chi connectivity index (χ2v) is 5.81. The smallest absolute Gasteiger partial charge is 0.307 e. The molecule has 1 amide bonds. The molecular weight excluding hydrogens is 278 g/mol. The Hall–Kier alpha value is -2.10. The molecule has 0 saturated carbocycles. The van der Waals surface area contributed by atoms with E-state index in [1.807, 2.05) is 37.3 Å². The van der Waals surface area contributed by atoms with Gasteiger partial charge in [-0.1, -0.05) is 42.0 Å². The van der Waals surface area contributed by atoms with E-state index in [4.69, 9.17) is 4.74 Å². The highest BCUT2D eigenvalue weighted by Gasteiger charge is 2.20. The molecule has 0 spiro atoms. The number of hydrogen-bond donors (Lipinski definition) is 1. The molecule has 0 radical (unpaired) electrons. The fourth-order valence-corrected chi connectivity index (χ4v) is 2.42. The molecule has 2 rings (SSSR count). The first-order chi connectivity index (χ1) is 10.5. The van der Waals surface area contributed by atoms with E-state index in [0.29, 0.717) is 13.0 Å². The summed E-state index contributed by atoms with van der Waals surface area (Å²) in [5.41, 5.74) is 2.20. The summed E-state index contributed by atoms with van der Waals surface area (Å²) < 4.78 is 5.20. The van der Waals surface area contributed by atoms with Crippen molar-refractivity contribution in [3.63, 3.8) is 0 Å². The lowest BCUT2D eigenvalue weighted by Gasteiger charge is -2.15. The van der Waals surface area contributed by atoms with Gasteiger partial charge in [0.1, 0.15) is 0 Å². The number of carbonyl (C=O) groups excluding carboxylic acids is 2. The van der Waals surface area contributed by atoms with Gasteiger partial charge in [0.25, 0.3) is 5.91 Å². The van der Waals surface area contributed by atoms with Crippen LogP contribution in [0.2, 0.25) is 0 Å². The molecule has 0 bridgehead atoms. The molecule has 2 atom stereocenters. The quantitative estimate of drug-likeness (QED) is 0.649. The van der Waals surface area contributed by atoms with Crippen LogP contribution in [0.5, 0.6) is 0 Å². The van der Waals surface area contributed by atoms with Crippen LogP contribution in [-0.4, -0.2) is 18.0 Å². The Labute approximate surface area is 131 Å². The number of ether oxygens (including phenoxy) is 1. The van der Waals surface area contributed by atoms with Crippen molar-refractivity contribution >= 4 is 11.9 Å². The molecule has 4 nitrogen and oxygen atoms in total. The average molecular weight is 301 g/mol. The van der Waals surface area contributed by atoms with E-state index >= 15 is 0 Å². The summed E-state index contributed by atoms with van der Waals surface area (Å²) in [4.78, 5) is 23.7. The third-order valence-corrected chi connectivity index (χ3v) is 3.81. The van der Waals surface area contributed by atoms with Crippen LogP contribution < -0.4 is 5.32 Å². The van der Waals surface area contributed by atoms with Gasteiger partial charge in [0, 0.05) is 6.54 Å². The first kappa shape index (κ1) is 16.3. The second-order valence-electron chi connectivity index (χ2n) is 5.81. The minimum absolute atomic E-state index is 0.260. The first-order valence-electron chi connectivity index (χ1n) is 7.74. The van der Waals surface area contributed by atoms with Crippen LogP contribution in [0.3, 0.4) is 0 Å². The maximum atomic E-state index is 12.0. The lowest BCUT2D eigenvalue weighted by atomic mass is 10.1. The van der Waals surface area contributed by atoms with Gasteiger partial charge in [-0.2, -0.15) is 0 Å². The molecule has 22 heavy (non-hydrogen) atoms. The molecule has 0 unspecified atom stereocenters. The highest BCUT2D eigenvalue weighted by atomic mass is 16.5. The first-order valence-corrected chi connectivity index (χ1v) is 7.74. The number of nitrogens with one attached hydrogen (secondary N) is 1. The highest BCUT2D eigenvalue weighted by Crippen LogP contribution is 2.20. The van der Waals surface area contributed by atoms with E-state index in [1.165, 1.54) is 5.56 Å². The fourth-order valence-electron chi connectivity index (χ4n) is 2.42. The summed E-state index contributed by atoms with van der Waals surface area (Å²) in [6.45, 7) is 4.06. The van der Waals surface area contributed by atoms with E-state index in [0.717, 1.165) is 18.4 Å². The standard InChI is InChI=1S/C18H23NO3/c1-13-7-9-16(10-8-13)12-19-18(21)14(2)22-17(20)11-15-5-3-4-6-15/h3,5,7-10,14-15H,4,6,11-12H2,1-2H3,(H,19,21)/t14-,15-/m1/s1. The van der Waals surface area contributed by atoms with Gasteiger partial charge in [0.05, 0.1) is 6.42 Å². The summed E-state index contributed by atoms with van der Waals surface area (Å²) in [7, 11) is 0. The Morgan fingerprint density at radius 3 is 2.68 bits per heavy atom. The van der Waals surface area contributed by atoms with Gasteiger partial charge in [0.15, 0.2) is 6.10 Å². The molecule has 1 aliphatic carbocycles. The maximum Gasteiger partial charge on any atom is 0.307 e. The summed E-state index contributed by atoms with van der Waals surface area (Å²) >= 11 is 0. The highest BCUT2D eigenvalue weighted by molar-refractivity contribution is 5.83. The fraction of sp³-hybridized carbons (Fsp3) is 0.444. The molecule has 0 saturated heterocycles. The maximum absolute atomic E-state index is 12.0. The van der Waals surface area contributed by atoms with Crippen LogP contribution >= 0.6 is 0 Å². The number of hydrogen-bond acceptors (Lipinski definition) is 3. The van der Waals surface area contributed by atoms with E-state index in [-0.39, 0.29) is 17.8 Å². The molecule has 0 aliphatic heterocycles. The van der Waals surface area contributed by atoms with Crippen molar-refractivity contribution in [1.82, 2.24) is 5.32 Å². The largest absolute Gasteiger partial charge is 0.453 e. The van der Waals surface area contributed by atoms with Crippen molar-refractivity contribution in [3.05, 3.63) is 47.5 Å². The number of allylic oxidation sites excluding steroid dienone is 2. The van der Waals surface area contributed by atoms with Gasteiger partial charge < -0.3 is 10.1 Å². The molecule has 1 aliphatic rings. The Morgan fingerprint density at radius 1 is 1.32 bits per heavy atom. The van der Waals surface area contributed by atoms with Crippen LogP contribution in [0.4, 0.5) is 0 Å². The van der Waals surface area contributed by atoms with E-state index in [2.05, 4.69) is 11.4 Å². The molecule has 0 fully saturated rings. The monoisotopic (exact) mass is 301 g/mol. The predicted octanol–water partition coefficient (Wildman–Crippen LogP) is 2.90. The number of aryl methyl sites for hydroxylation is 1. The summed E-state index contributed by atoms with van der Waals surface area (Å²) in [5, 5.41) is 2.79. The SMILES string of the molecule is Cc1ccc(CNC(=O)[C@@H](C)OC(=O)C[C@@H]2C=CCC2)cc1. The van der Waals surface area contributed by atoms with E-state index in [9.17, 15) is 9.59 Å². The summed E-state index contributed by atoms with van der Waals surface area (Å²) in [6, 6.07) is 7.94. The lowest BCUT2D eigenvalue weighted by molar-refractivity contribution is -0.155. The van der Waals surface area contributed by atoms with Gasteiger partial charge in [-0.05, 0) is 38.2 Å². The number of rotatable bonds is 6. The van der Waals surface area contributed by atoms with Crippen molar-refractivity contribution in [2.75, 3.05) is 0 Å². The Bertz CT molecular complexity index is 548. The lowest BCUT2D eigenvalue weighted by Crippen LogP contribution is -2.35. The number of esters is 1. The average Bonchev–Trinajstić information content (AvgIpc) is 2.99. The number of carbonyl (C=O) groups is 2. The van der Waals surface area contributed by atoms with E-state index in [1.54, 1.807) is 6.92 Å². The molecule has 0 aromatic heterocycles. The van der Waals surface area contributed by atoms with Crippen LogP contribution in [0, 0.1) is 12.8 Å². The Morgan fingerprint density at radius 2 is 2.05 bits per heavy atom. The second kappa shape index (κ2) is 7.78. The molecule has 118 valence electrons. The third kappa shape index (κ3) is 5.02. The summed E-state index contributed by atoms with van der Waals surface area (Å²) in [5.74, 6) is -0.319. The summed E-state index contributed by atoms with van der Waals surface area (Å²) in [6.07, 6.45) is 5.72. The topological polar surface area (TPSA) is 55.4 Å². The minimum atomic E-state index is -0.761. The van der Waals surface area contributed by atoms with Gasteiger partial charge in [-0.15, -0.1) is 0 Å². The van der Waals surface area contributed by atoms with Gasteiger partial charge in [-0.25, -0.2) is 0 Å². The molecule has 1 aromatic carbocycles. The van der Waals surface area contributed by atoms with Crippen LogP contribution in [0.25, 0.3) is 0 Å². The van der Waals surface area contributed by atoms with Crippen molar-refractivity contribution in [1.29, 1.82) is 0 Å². The Kier molecular flexibility index (Phi) is 5.75. The molecular formula is C18H23NO3. The van der Waals surface area contributed by atoms with Gasteiger partial charge >= 0.3 is 5.97 Å². The Balaban J connectivity index is 1.72. The zero-order chi connectivity index (χ0) is 15.9. The molecule has 1 N–H and O–H groups in total. The molecule has 0 heterocycles. The minimum Gasteiger partial charge on any atom is -0.453 e. The third-order valence-electron chi connectivity index (χ3n) is 3.81. The van der Waals surface area contributed by atoms with Gasteiger partial charge in [-0.3, -0.25) is 9.59 Å². The zero-order valence-corrected chi connectivity index (χ0v) is 13.2. The number of benzene rings is 1. The van der Waals surface area contributed by atoms with Crippen LogP contribution in [0.15, 0.2) is 36.4 Å². The van der Waals surface area contributed by atoms with E-state index < -0.39 is 6.10 Å². The van der Waals surface area contributed by atoms with Crippen molar-refractivity contribution in [2.24, 2.45) is 5.92 Å². The molecule has 1 aromatic rings. The van der Waals surface area contributed by atoms with Crippen molar-refractivity contribution < 1.29 is 14.3 Å². The molecule has 4 heteroatoms. The zero-order valence-electron chi connectivity index (χ0n) is 13.2. The number of amides is 1. The normalized spacial score (nSPS) is 18.0.